The SMILES string of the molecule is O=C(Nc1cccc(N2CCNC2=O)c1)C1CCOCC1. The van der Waals surface area contributed by atoms with Crippen molar-refractivity contribution < 1.29 is 14.3 Å². The molecule has 0 bridgehead atoms. The molecular weight excluding hydrogens is 270 g/mol. The van der Waals surface area contributed by atoms with E-state index in [0.717, 1.165) is 24.2 Å². The number of hydrogen-bond acceptors (Lipinski definition) is 3. The molecule has 2 N–H and O–H groups in total. The van der Waals surface area contributed by atoms with Gasteiger partial charge in [-0.2, -0.15) is 0 Å². The topological polar surface area (TPSA) is 70.7 Å². The molecule has 3 amide bonds. The Hall–Kier alpha value is -2.08. The Kier molecular flexibility index (Phi) is 4.06. The van der Waals surface area contributed by atoms with Crippen LogP contribution >= 0.6 is 0 Å². The van der Waals surface area contributed by atoms with Crippen LogP contribution in [0.3, 0.4) is 0 Å². The summed E-state index contributed by atoms with van der Waals surface area (Å²) in [5.74, 6) is 0.0406. The molecule has 6 nitrogen and oxygen atoms in total. The van der Waals surface area contributed by atoms with Crippen LogP contribution in [0.25, 0.3) is 0 Å². The molecule has 2 aliphatic heterocycles. The zero-order valence-corrected chi connectivity index (χ0v) is 11.8. The fourth-order valence-corrected chi connectivity index (χ4v) is 2.67. The fraction of sp³-hybridized carbons (Fsp3) is 0.467. The van der Waals surface area contributed by atoms with Crippen molar-refractivity contribution >= 4 is 23.3 Å². The second-order valence-corrected chi connectivity index (χ2v) is 5.31. The summed E-state index contributed by atoms with van der Waals surface area (Å²) in [6.07, 6.45) is 1.53. The van der Waals surface area contributed by atoms with Gasteiger partial charge in [-0.05, 0) is 31.0 Å². The van der Waals surface area contributed by atoms with Crippen LogP contribution in [0.5, 0.6) is 0 Å². The molecule has 0 spiro atoms. The van der Waals surface area contributed by atoms with Crippen molar-refractivity contribution in [1.82, 2.24) is 5.32 Å². The van der Waals surface area contributed by atoms with E-state index in [1.165, 1.54) is 0 Å². The monoisotopic (exact) mass is 289 g/mol. The van der Waals surface area contributed by atoms with Gasteiger partial charge in [-0.15, -0.1) is 0 Å². The first-order chi connectivity index (χ1) is 10.2. The quantitative estimate of drug-likeness (QED) is 0.887. The van der Waals surface area contributed by atoms with Gasteiger partial charge >= 0.3 is 6.03 Å². The lowest BCUT2D eigenvalue weighted by molar-refractivity contribution is -0.122. The molecule has 0 atom stereocenters. The first kappa shape index (κ1) is 13.9. The third-order valence-corrected chi connectivity index (χ3v) is 3.87. The van der Waals surface area contributed by atoms with Crippen LogP contribution < -0.4 is 15.5 Å². The standard InChI is InChI=1S/C15H19N3O3/c19-14(11-4-8-21-9-5-11)17-12-2-1-3-13(10-12)18-7-6-16-15(18)20/h1-3,10-11H,4-9H2,(H,16,20)(H,17,19). The van der Waals surface area contributed by atoms with Gasteiger partial charge in [0.2, 0.25) is 5.91 Å². The fourth-order valence-electron chi connectivity index (χ4n) is 2.67. The Bertz CT molecular complexity index is 541. The lowest BCUT2D eigenvalue weighted by Crippen LogP contribution is -2.29. The maximum Gasteiger partial charge on any atom is 0.321 e. The number of hydrogen-bond donors (Lipinski definition) is 2. The molecule has 0 saturated carbocycles. The molecule has 2 fully saturated rings. The zero-order valence-electron chi connectivity index (χ0n) is 11.8. The normalized spacial score (nSPS) is 19.4. The molecule has 2 aliphatic rings. The van der Waals surface area contributed by atoms with Crippen LogP contribution in [0.15, 0.2) is 24.3 Å². The number of nitrogens with one attached hydrogen (secondary N) is 2. The molecule has 0 aromatic heterocycles. The Morgan fingerprint density at radius 1 is 1.33 bits per heavy atom. The Morgan fingerprint density at radius 3 is 2.86 bits per heavy atom. The van der Waals surface area contributed by atoms with Gasteiger partial charge in [0.05, 0.1) is 0 Å². The van der Waals surface area contributed by atoms with Gasteiger partial charge in [0.25, 0.3) is 0 Å². The van der Waals surface area contributed by atoms with E-state index in [4.69, 9.17) is 4.74 Å². The summed E-state index contributed by atoms with van der Waals surface area (Å²) in [5, 5.41) is 5.70. The molecule has 0 radical (unpaired) electrons. The maximum absolute atomic E-state index is 12.2. The van der Waals surface area contributed by atoms with Gasteiger partial charge in [0, 0.05) is 43.6 Å². The lowest BCUT2D eigenvalue weighted by atomic mass is 9.99. The van der Waals surface area contributed by atoms with Crippen molar-refractivity contribution in [3.8, 4) is 0 Å². The van der Waals surface area contributed by atoms with Crippen LogP contribution in [0, 0.1) is 5.92 Å². The van der Waals surface area contributed by atoms with Gasteiger partial charge in [-0.25, -0.2) is 4.79 Å². The summed E-state index contributed by atoms with van der Waals surface area (Å²) in [6, 6.07) is 7.30. The van der Waals surface area contributed by atoms with E-state index < -0.39 is 0 Å². The summed E-state index contributed by atoms with van der Waals surface area (Å²) in [5.41, 5.74) is 1.53. The Morgan fingerprint density at radius 2 is 2.14 bits per heavy atom. The predicted octanol–water partition coefficient (Wildman–Crippen LogP) is 1.58. The minimum atomic E-state index is -0.0945. The first-order valence-corrected chi connectivity index (χ1v) is 7.28. The molecule has 3 rings (SSSR count). The first-order valence-electron chi connectivity index (χ1n) is 7.28. The van der Waals surface area contributed by atoms with Crippen molar-refractivity contribution in [2.45, 2.75) is 12.8 Å². The number of rotatable bonds is 3. The van der Waals surface area contributed by atoms with E-state index in [1.807, 2.05) is 24.3 Å². The van der Waals surface area contributed by atoms with Gasteiger partial charge in [-0.3, -0.25) is 9.69 Å². The van der Waals surface area contributed by atoms with E-state index in [0.29, 0.717) is 26.3 Å². The highest BCUT2D eigenvalue weighted by atomic mass is 16.5. The zero-order chi connectivity index (χ0) is 14.7. The highest BCUT2D eigenvalue weighted by molar-refractivity contribution is 5.96. The number of nitrogens with zero attached hydrogens (tertiary/aromatic N) is 1. The van der Waals surface area contributed by atoms with Gasteiger partial charge < -0.3 is 15.4 Å². The van der Waals surface area contributed by atoms with E-state index in [1.54, 1.807) is 4.90 Å². The minimum absolute atomic E-state index is 0.0116. The number of carbonyl (C=O) groups is 2. The van der Waals surface area contributed by atoms with Gasteiger partial charge in [0.15, 0.2) is 0 Å². The van der Waals surface area contributed by atoms with E-state index >= 15 is 0 Å². The second kappa shape index (κ2) is 6.13. The molecule has 2 heterocycles. The lowest BCUT2D eigenvalue weighted by Gasteiger charge is -2.21. The number of anilines is 2. The minimum Gasteiger partial charge on any atom is -0.381 e. The van der Waals surface area contributed by atoms with E-state index in [9.17, 15) is 9.59 Å². The summed E-state index contributed by atoms with van der Waals surface area (Å²) in [7, 11) is 0. The summed E-state index contributed by atoms with van der Waals surface area (Å²) < 4.78 is 5.27. The number of urea groups is 1. The van der Waals surface area contributed by atoms with Crippen LogP contribution in [-0.2, 0) is 9.53 Å². The molecule has 21 heavy (non-hydrogen) atoms. The number of ether oxygens (including phenoxy) is 1. The summed E-state index contributed by atoms with van der Waals surface area (Å²) >= 11 is 0. The van der Waals surface area contributed by atoms with Crippen molar-refractivity contribution in [2.24, 2.45) is 5.92 Å². The van der Waals surface area contributed by atoms with Crippen LogP contribution in [0.2, 0.25) is 0 Å². The Labute approximate surface area is 123 Å². The van der Waals surface area contributed by atoms with Crippen molar-refractivity contribution in [3.63, 3.8) is 0 Å². The van der Waals surface area contributed by atoms with E-state index in [2.05, 4.69) is 10.6 Å². The van der Waals surface area contributed by atoms with Gasteiger partial charge in [-0.1, -0.05) is 6.07 Å². The average Bonchev–Trinajstić information content (AvgIpc) is 2.94. The Balaban J connectivity index is 1.68. The van der Waals surface area contributed by atoms with Crippen LogP contribution in [-0.4, -0.2) is 38.2 Å². The van der Waals surface area contributed by atoms with Crippen molar-refractivity contribution in [3.05, 3.63) is 24.3 Å². The predicted molar refractivity (Wildman–Crippen MR) is 79.4 cm³/mol. The molecule has 6 heteroatoms. The molecule has 1 aromatic carbocycles. The van der Waals surface area contributed by atoms with Crippen molar-refractivity contribution in [2.75, 3.05) is 36.5 Å². The third-order valence-electron chi connectivity index (χ3n) is 3.87. The highest BCUT2D eigenvalue weighted by Crippen LogP contribution is 2.23. The largest absolute Gasteiger partial charge is 0.381 e. The molecule has 112 valence electrons. The van der Waals surface area contributed by atoms with Crippen LogP contribution in [0.4, 0.5) is 16.2 Å². The summed E-state index contributed by atoms with van der Waals surface area (Å²) in [4.78, 5) is 25.5. The van der Waals surface area contributed by atoms with E-state index in [-0.39, 0.29) is 17.9 Å². The van der Waals surface area contributed by atoms with Crippen LogP contribution in [0.1, 0.15) is 12.8 Å². The molecule has 1 aromatic rings. The van der Waals surface area contributed by atoms with Gasteiger partial charge in [0.1, 0.15) is 0 Å². The van der Waals surface area contributed by atoms with Crippen molar-refractivity contribution in [1.29, 1.82) is 0 Å². The number of carbonyl (C=O) groups excluding carboxylic acids is 2. The highest BCUT2D eigenvalue weighted by Gasteiger charge is 2.23. The third kappa shape index (κ3) is 3.16. The molecule has 0 unspecified atom stereocenters. The smallest absolute Gasteiger partial charge is 0.321 e. The molecule has 0 aliphatic carbocycles. The number of benzene rings is 1. The molecular formula is C15H19N3O3. The molecule has 2 saturated heterocycles. The average molecular weight is 289 g/mol. The number of amides is 3. The second-order valence-electron chi connectivity index (χ2n) is 5.31. The summed E-state index contributed by atoms with van der Waals surface area (Å²) in [6.45, 7) is 2.59. The maximum atomic E-state index is 12.2.